The molecule has 0 aliphatic carbocycles. The second-order valence-corrected chi connectivity index (χ2v) is 3.82. The molecule has 6 nitrogen and oxygen atoms in total. The normalized spacial score (nSPS) is 10.1. The second-order valence-electron chi connectivity index (χ2n) is 3.82. The van der Waals surface area contributed by atoms with Crippen LogP contribution in [0.15, 0.2) is 30.7 Å². The van der Waals surface area contributed by atoms with E-state index < -0.39 is 0 Å². The fourth-order valence-electron chi connectivity index (χ4n) is 1.54. The van der Waals surface area contributed by atoms with Gasteiger partial charge in [-0.1, -0.05) is 0 Å². The lowest BCUT2D eigenvalue weighted by atomic mass is 10.2. The van der Waals surface area contributed by atoms with Crippen LogP contribution in [-0.2, 0) is 13.6 Å². The number of nitrogens with one attached hydrogen (secondary N) is 2. The molecule has 0 aliphatic heterocycles. The third-order valence-corrected chi connectivity index (χ3v) is 2.61. The van der Waals surface area contributed by atoms with Crippen molar-refractivity contribution in [1.82, 2.24) is 19.9 Å². The zero-order valence-corrected chi connectivity index (χ0v) is 10.3. The Morgan fingerprint density at radius 3 is 2.89 bits per heavy atom. The Hall–Kier alpha value is -2.37. The average molecular weight is 245 g/mol. The highest BCUT2D eigenvalue weighted by Gasteiger charge is 2.07. The molecule has 0 saturated carbocycles. The van der Waals surface area contributed by atoms with E-state index in [0.29, 0.717) is 17.9 Å². The number of carbonyl (C=O) groups excluding carboxylic acids is 1. The van der Waals surface area contributed by atoms with E-state index in [1.165, 1.54) is 0 Å². The highest BCUT2D eigenvalue weighted by molar-refractivity contribution is 5.94. The van der Waals surface area contributed by atoms with Crippen molar-refractivity contribution < 1.29 is 4.79 Å². The van der Waals surface area contributed by atoms with Crippen LogP contribution in [0.3, 0.4) is 0 Å². The van der Waals surface area contributed by atoms with Gasteiger partial charge in [-0.15, -0.1) is 0 Å². The van der Waals surface area contributed by atoms with Gasteiger partial charge in [-0.05, 0) is 12.1 Å². The molecule has 2 aromatic rings. The van der Waals surface area contributed by atoms with Crippen LogP contribution in [-0.4, -0.2) is 27.5 Å². The molecule has 18 heavy (non-hydrogen) atoms. The average Bonchev–Trinajstić information content (AvgIpc) is 2.81. The number of pyridine rings is 1. The van der Waals surface area contributed by atoms with Crippen molar-refractivity contribution in [1.29, 1.82) is 0 Å². The Bertz CT molecular complexity index is 549. The lowest BCUT2D eigenvalue weighted by Gasteiger charge is -2.06. The quantitative estimate of drug-likeness (QED) is 0.835. The van der Waals surface area contributed by atoms with E-state index >= 15 is 0 Å². The van der Waals surface area contributed by atoms with Crippen LogP contribution < -0.4 is 10.6 Å². The molecule has 0 aliphatic rings. The summed E-state index contributed by atoms with van der Waals surface area (Å²) in [7, 11) is 3.65. The molecule has 2 heterocycles. The Labute approximate surface area is 105 Å². The first-order valence-corrected chi connectivity index (χ1v) is 5.59. The highest BCUT2D eigenvalue weighted by atomic mass is 16.1. The van der Waals surface area contributed by atoms with Crippen LogP contribution in [0, 0.1) is 0 Å². The van der Waals surface area contributed by atoms with E-state index in [9.17, 15) is 4.79 Å². The molecule has 0 atom stereocenters. The number of rotatable bonds is 4. The van der Waals surface area contributed by atoms with Gasteiger partial charge in [0.2, 0.25) is 0 Å². The van der Waals surface area contributed by atoms with Gasteiger partial charge in [0.25, 0.3) is 5.91 Å². The Morgan fingerprint density at radius 2 is 2.22 bits per heavy atom. The number of amides is 1. The molecule has 2 rings (SSSR count). The topological polar surface area (TPSA) is 71.8 Å². The van der Waals surface area contributed by atoms with Gasteiger partial charge in [-0.25, -0.2) is 9.97 Å². The molecule has 0 saturated heterocycles. The van der Waals surface area contributed by atoms with Crippen LogP contribution in [0.4, 0.5) is 5.82 Å². The zero-order chi connectivity index (χ0) is 13.0. The molecule has 2 N–H and O–H groups in total. The van der Waals surface area contributed by atoms with Crippen molar-refractivity contribution in [3.05, 3.63) is 42.1 Å². The van der Waals surface area contributed by atoms with Crippen LogP contribution in [0.1, 0.15) is 16.2 Å². The molecular weight excluding hydrogens is 230 g/mol. The molecule has 0 unspecified atom stereocenters. The van der Waals surface area contributed by atoms with Crippen LogP contribution >= 0.6 is 0 Å². The summed E-state index contributed by atoms with van der Waals surface area (Å²) in [5, 5.41) is 5.71. The predicted octanol–water partition coefficient (Wildman–Crippen LogP) is 0.787. The number of imidazole rings is 1. The predicted molar refractivity (Wildman–Crippen MR) is 68.2 cm³/mol. The maximum atomic E-state index is 11.9. The summed E-state index contributed by atoms with van der Waals surface area (Å²) in [4.78, 5) is 20.1. The van der Waals surface area contributed by atoms with Gasteiger partial charge in [-0.3, -0.25) is 4.79 Å². The minimum Gasteiger partial charge on any atom is -0.373 e. The molecule has 2 aromatic heterocycles. The number of aromatic nitrogens is 3. The molecule has 1 amide bonds. The fraction of sp³-hybridized carbons (Fsp3) is 0.250. The van der Waals surface area contributed by atoms with Gasteiger partial charge >= 0.3 is 0 Å². The van der Waals surface area contributed by atoms with E-state index in [1.54, 1.807) is 31.6 Å². The summed E-state index contributed by atoms with van der Waals surface area (Å²) in [6.07, 6.45) is 5.14. The summed E-state index contributed by atoms with van der Waals surface area (Å²) < 4.78 is 1.87. The first-order valence-electron chi connectivity index (χ1n) is 5.59. The molecule has 0 radical (unpaired) electrons. The first kappa shape index (κ1) is 12.1. The number of anilines is 1. The summed E-state index contributed by atoms with van der Waals surface area (Å²) in [5.74, 6) is 1.34. The summed E-state index contributed by atoms with van der Waals surface area (Å²) in [6.45, 7) is 0.402. The monoisotopic (exact) mass is 245 g/mol. The lowest BCUT2D eigenvalue weighted by molar-refractivity contribution is 0.0949. The Kier molecular flexibility index (Phi) is 3.57. The maximum absolute atomic E-state index is 11.9. The SMILES string of the molecule is CNc1cc(C(=O)NCc2nccn2C)ccn1. The third-order valence-electron chi connectivity index (χ3n) is 2.61. The molecule has 0 bridgehead atoms. The van der Waals surface area contributed by atoms with Crippen molar-refractivity contribution in [2.75, 3.05) is 12.4 Å². The van der Waals surface area contributed by atoms with Gasteiger partial charge in [0, 0.05) is 38.2 Å². The first-order chi connectivity index (χ1) is 8.70. The summed E-state index contributed by atoms with van der Waals surface area (Å²) in [6, 6.07) is 3.38. The molecule has 94 valence electrons. The Balaban J connectivity index is 2.01. The van der Waals surface area contributed by atoms with Gasteiger partial charge in [0.05, 0.1) is 6.54 Å². The van der Waals surface area contributed by atoms with E-state index in [0.717, 1.165) is 5.82 Å². The minimum absolute atomic E-state index is 0.142. The van der Waals surface area contributed by atoms with Gasteiger partial charge in [0.15, 0.2) is 0 Å². The van der Waals surface area contributed by atoms with Gasteiger partial charge < -0.3 is 15.2 Å². The van der Waals surface area contributed by atoms with Crippen molar-refractivity contribution in [2.45, 2.75) is 6.54 Å². The van der Waals surface area contributed by atoms with Crippen molar-refractivity contribution in [3.8, 4) is 0 Å². The van der Waals surface area contributed by atoms with Crippen molar-refractivity contribution in [3.63, 3.8) is 0 Å². The highest BCUT2D eigenvalue weighted by Crippen LogP contribution is 2.06. The fourth-order valence-corrected chi connectivity index (χ4v) is 1.54. The number of carbonyl (C=O) groups is 1. The molecule has 0 fully saturated rings. The van der Waals surface area contributed by atoms with Gasteiger partial charge in [-0.2, -0.15) is 0 Å². The van der Waals surface area contributed by atoms with Crippen LogP contribution in [0.5, 0.6) is 0 Å². The van der Waals surface area contributed by atoms with E-state index in [4.69, 9.17) is 0 Å². The second kappa shape index (κ2) is 5.31. The van der Waals surface area contributed by atoms with Gasteiger partial charge in [0.1, 0.15) is 11.6 Å². The molecule has 6 heteroatoms. The summed E-state index contributed by atoms with van der Waals surface area (Å²) >= 11 is 0. The number of hydrogen-bond acceptors (Lipinski definition) is 4. The maximum Gasteiger partial charge on any atom is 0.251 e. The van der Waals surface area contributed by atoms with Crippen molar-refractivity contribution >= 4 is 11.7 Å². The smallest absolute Gasteiger partial charge is 0.251 e. The molecular formula is C12H15N5O. The third kappa shape index (κ3) is 2.65. The van der Waals surface area contributed by atoms with E-state index in [-0.39, 0.29) is 5.91 Å². The number of nitrogens with zero attached hydrogens (tertiary/aromatic N) is 3. The molecule has 0 aromatic carbocycles. The summed E-state index contributed by atoms with van der Waals surface area (Å²) in [5.41, 5.74) is 0.573. The van der Waals surface area contributed by atoms with Crippen LogP contribution in [0.25, 0.3) is 0 Å². The largest absolute Gasteiger partial charge is 0.373 e. The van der Waals surface area contributed by atoms with E-state index in [2.05, 4.69) is 20.6 Å². The zero-order valence-electron chi connectivity index (χ0n) is 10.3. The number of aryl methyl sites for hydroxylation is 1. The standard InChI is InChI=1S/C12H15N5O/c1-13-10-7-9(3-4-14-10)12(18)16-8-11-15-5-6-17(11)2/h3-7H,8H2,1-2H3,(H,13,14)(H,16,18). The van der Waals surface area contributed by atoms with E-state index in [1.807, 2.05) is 17.8 Å². The van der Waals surface area contributed by atoms with Crippen molar-refractivity contribution in [2.24, 2.45) is 7.05 Å². The lowest BCUT2D eigenvalue weighted by Crippen LogP contribution is -2.24. The van der Waals surface area contributed by atoms with Crippen LogP contribution in [0.2, 0.25) is 0 Å². The Morgan fingerprint density at radius 1 is 1.39 bits per heavy atom. The molecule has 0 spiro atoms. The minimum atomic E-state index is -0.142. The number of hydrogen-bond donors (Lipinski definition) is 2.